The highest BCUT2D eigenvalue weighted by atomic mass is 19.3. The molecule has 5 rings (SSSR count). The number of rotatable bonds is 4. The van der Waals surface area contributed by atoms with Crippen LogP contribution in [0.25, 0.3) is 10.8 Å². The molecule has 0 aliphatic carbocycles. The molecule has 0 amide bonds. The van der Waals surface area contributed by atoms with Gasteiger partial charge in [0.2, 0.25) is 0 Å². The van der Waals surface area contributed by atoms with Gasteiger partial charge in [-0.05, 0) is 12.1 Å². The lowest BCUT2D eigenvalue weighted by molar-refractivity contribution is -0.0221. The van der Waals surface area contributed by atoms with Crippen LogP contribution >= 0.6 is 0 Å². The van der Waals surface area contributed by atoms with Crippen molar-refractivity contribution in [3.05, 3.63) is 95.8 Å². The molecule has 0 unspecified atom stereocenters. The van der Waals surface area contributed by atoms with Crippen LogP contribution in [0.15, 0.2) is 84.0 Å². The Morgan fingerprint density at radius 2 is 1.56 bits per heavy atom. The second-order valence-electron chi connectivity index (χ2n) is 8.24. The molecule has 3 heterocycles. The van der Waals surface area contributed by atoms with Crippen LogP contribution in [0.4, 0.5) is 20.4 Å². The number of alkyl halides is 2. The zero-order valence-corrected chi connectivity index (χ0v) is 18.3. The molecule has 1 aliphatic rings. The van der Waals surface area contributed by atoms with Crippen molar-refractivity contribution in [1.82, 2.24) is 9.97 Å². The molecule has 1 saturated heterocycles. The summed E-state index contributed by atoms with van der Waals surface area (Å²) >= 11 is 0. The maximum absolute atomic E-state index is 13.8. The highest BCUT2D eigenvalue weighted by Gasteiger charge is 2.35. The molecule has 1 fully saturated rings. The van der Waals surface area contributed by atoms with Gasteiger partial charge in [0.05, 0.1) is 5.71 Å². The summed E-state index contributed by atoms with van der Waals surface area (Å²) in [5.41, 5.74) is 2.90. The van der Waals surface area contributed by atoms with Crippen LogP contribution in [0, 0.1) is 11.3 Å². The molecule has 2 aromatic heterocycles. The number of piperidine rings is 1. The molecule has 0 N–H and O–H groups in total. The average Bonchev–Trinajstić information content (AvgIpc) is 2.88. The zero-order valence-electron chi connectivity index (χ0n) is 18.3. The normalized spacial score (nSPS) is 15.0. The fraction of sp³-hybridized carbons (Fsp3) is 0.185. The molecule has 0 bridgehead atoms. The number of nitriles is 1. The molecule has 0 atom stereocenters. The SMILES string of the molecule is N#Cc1cc2cnc(N=C(c3ccccc3)c3ccccc3)cc2c(N2CCC(F)(F)CC2)n1. The van der Waals surface area contributed by atoms with Crippen LogP contribution < -0.4 is 4.90 Å². The predicted molar refractivity (Wildman–Crippen MR) is 129 cm³/mol. The van der Waals surface area contributed by atoms with Gasteiger partial charge >= 0.3 is 0 Å². The van der Waals surface area contributed by atoms with Crippen LogP contribution in [0.2, 0.25) is 0 Å². The average molecular weight is 453 g/mol. The Bertz CT molecular complexity index is 1340. The van der Waals surface area contributed by atoms with Gasteiger partial charge in [-0.2, -0.15) is 5.26 Å². The summed E-state index contributed by atoms with van der Waals surface area (Å²) in [7, 11) is 0. The van der Waals surface area contributed by atoms with Gasteiger partial charge in [0, 0.05) is 54.0 Å². The number of hydrogen-bond acceptors (Lipinski definition) is 5. The minimum atomic E-state index is -2.67. The maximum atomic E-state index is 13.8. The van der Waals surface area contributed by atoms with E-state index in [1.54, 1.807) is 12.3 Å². The number of benzene rings is 2. The number of hydrogen-bond donors (Lipinski definition) is 0. The molecule has 7 heteroatoms. The topological polar surface area (TPSA) is 65.2 Å². The van der Waals surface area contributed by atoms with Crippen molar-refractivity contribution in [3.63, 3.8) is 0 Å². The van der Waals surface area contributed by atoms with E-state index in [0.717, 1.165) is 27.6 Å². The first-order valence-electron chi connectivity index (χ1n) is 11.1. The summed E-state index contributed by atoms with van der Waals surface area (Å²) in [4.78, 5) is 15.7. The smallest absolute Gasteiger partial charge is 0.251 e. The van der Waals surface area contributed by atoms with E-state index in [-0.39, 0.29) is 31.6 Å². The van der Waals surface area contributed by atoms with E-state index in [4.69, 9.17) is 4.99 Å². The Morgan fingerprint density at radius 1 is 0.941 bits per heavy atom. The van der Waals surface area contributed by atoms with Gasteiger partial charge < -0.3 is 4.90 Å². The number of aromatic nitrogens is 2. The molecule has 5 nitrogen and oxygen atoms in total. The van der Waals surface area contributed by atoms with E-state index in [1.807, 2.05) is 71.6 Å². The molecule has 0 radical (unpaired) electrons. The maximum Gasteiger partial charge on any atom is 0.251 e. The van der Waals surface area contributed by atoms with Gasteiger partial charge in [0.25, 0.3) is 5.92 Å². The Kier molecular flexibility index (Phi) is 5.72. The lowest BCUT2D eigenvalue weighted by atomic mass is 10.0. The van der Waals surface area contributed by atoms with Gasteiger partial charge in [-0.3, -0.25) is 0 Å². The van der Waals surface area contributed by atoms with Crippen molar-refractivity contribution < 1.29 is 8.78 Å². The lowest BCUT2D eigenvalue weighted by Crippen LogP contribution is -2.39. The summed E-state index contributed by atoms with van der Waals surface area (Å²) in [6.07, 6.45) is 1.18. The first-order chi connectivity index (χ1) is 16.5. The number of halogens is 2. The van der Waals surface area contributed by atoms with E-state index in [2.05, 4.69) is 16.0 Å². The van der Waals surface area contributed by atoms with Crippen molar-refractivity contribution >= 4 is 28.1 Å². The number of fused-ring (bicyclic) bond motifs is 1. The minimum absolute atomic E-state index is 0.171. The highest BCUT2D eigenvalue weighted by molar-refractivity contribution is 6.14. The molecule has 0 spiro atoms. The first kappa shape index (κ1) is 21.7. The quantitative estimate of drug-likeness (QED) is 0.361. The molecule has 168 valence electrons. The molecular weight excluding hydrogens is 432 g/mol. The largest absolute Gasteiger partial charge is 0.356 e. The Hall–Kier alpha value is -4.18. The van der Waals surface area contributed by atoms with E-state index < -0.39 is 5.92 Å². The van der Waals surface area contributed by atoms with Crippen molar-refractivity contribution in [3.8, 4) is 6.07 Å². The summed E-state index contributed by atoms with van der Waals surface area (Å²) in [5.74, 6) is -1.68. The van der Waals surface area contributed by atoms with Gasteiger partial charge in [0.15, 0.2) is 5.82 Å². The van der Waals surface area contributed by atoms with Crippen molar-refractivity contribution in [2.24, 2.45) is 4.99 Å². The number of aliphatic imine (C=N–C) groups is 1. The lowest BCUT2D eigenvalue weighted by Gasteiger charge is -2.33. The highest BCUT2D eigenvalue weighted by Crippen LogP contribution is 2.34. The number of nitrogens with zero attached hydrogens (tertiary/aromatic N) is 5. The third-order valence-corrected chi connectivity index (χ3v) is 5.91. The van der Waals surface area contributed by atoms with Gasteiger partial charge in [-0.15, -0.1) is 0 Å². The second kappa shape index (κ2) is 8.99. The van der Waals surface area contributed by atoms with E-state index in [9.17, 15) is 14.0 Å². The minimum Gasteiger partial charge on any atom is -0.356 e. The molecule has 34 heavy (non-hydrogen) atoms. The molecule has 2 aromatic carbocycles. The Balaban J connectivity index is 1.63. The summed E-state index contributed by atoms with van der Waals surface area (Å²) < 4.78 is 27.5. The van der Waals surface area contributed by atoms with E-state index in [1.165, 1.54) is 0 Å². The summed E-state index contributed by atoms with van der Waals surface area (Å²) in [5, 5.41) is 10.9. The molecule has 1 aliphatic heterocycles. The predicted octanol–water partition coefficient (Wildman–Crippen LogP) is 5.91. The number of anilines is 1. The fourth-order valence-corrected chi connectivity index (χ4v) is 4.12. The van der Waals surface area contributed by atoms with Crippen molar-refractivity contribution in [2.75, 3.05) is 18.0 Å². The zero-order chi connectivity index (χ0) is 23.5. The third-order valence-electron chi connectivity index (χ3n) is 5.91. The van der Waals surface area contributed by atoms with Crippen molar-refractivity contribution in [1.29, 1.82) is 5.26 Å². The van der Waals surface area contributed by atoms with Gasteiger partial charge in [-0.25, -0.2) is 23.7 Å². The fourth-order valence-electron chi connectivity index (χ4n) is 4.12. The summed E-state index contributed by atoms with van der Waals surface area (Å²) in [6, 6.07) is 25.2. The number of pyridine rings is 2. The molecule has 0 saturated carbocycles. The Labute approximate surface area is 196 Å². The summed E-state index contributed by atoms with van der Waals surface area (Å²) in [6.45, 7) is 0.342. The van der Waals surface area contributed by atoms with Crippen molar-refractivity contribution in [2.45, 2.75) is 18.8 Å². The molecular formula is C27H21F2N5. The van der Waals surface area contributed by atoms with Crippen LogP contribution in [0.3, 0.4) is 0 Å². The molecule has 4 aromatic rings. The first-order valence-corrected chi connectivity index (χ1v) is 11.1. The van der Waals surface area contributed by atoms with E-state index >= 15 is 0 Å². The van der Waals surface area contributed by atoms with Crippen LogP contribution in [-0.4, -0.2) is 34.7 Å². The Morgan fingerprint density at radius 3 is 2.15 bits per heavy atom. The second-order valence-corrected chi connectivity index (χ2v) is 8.24. The third kappa shape index (κ3) is 4.48. The standard InChI is InChI=1S/C27H21F2N5/c28-27(29)11-13-34(14-12-27)26-23-16-24(31-18-21(23)15-22(17-30)32-26)33-25(19-7-3-1-4-8-19)20-9-5-2-6-10-20/h1-10,15-16,18H,11-14H2. The van der Waals surface area contributed by atoms with Crippen LogP contribution in [0.5, 0.6) is 0 Å². The van der Waals surface area contributed by atoms with Gasteiger partial charge in [0.1, 0.15) is 17.6 Å². The monoisotopic (exact) mass is 453 g/mol. The van der Waals surface area contributed by atoms with Crippen LogP contribution in [0.1, 0.15) is 29.7 Å². The van der Waals surface area contributed by atoms with E-state index in [0.29, 0.717) is 11.6 Å². The van der Waals surface area contributed by atoms with Crippen LogP contribution in [-0.2, 0) is 0 Å². The van der Waals surface area contributed by atoms with Gasteiger partial charge in [-0.1, -0.05) is 60.7 Å².